The maximum Gasteiger partial charge on any atom is 0.241 e. The van der Waals surface area contributed by atoms with Crippen LogP contribution in [0.3, 0.4) is 0 Å². The zero-order chi connectivity index (χ0) is 17.4. The fourth-order valence-electron chi connectivity index (χ4n) is 1.62. The molecule has 5 nitrogen and oxygen atoms in total. The summed E-state index contributed by atoms with van der Waals surface area (Å²) in [6.45, 7) is 4.72. The summed E-state index contributed by atoms with van der Waals surface area (Å²) < 4.78 is 0. The standard InChI is InChI=1S/C16H24Cl2N4O/c1-5-11(2)21-16(20-10-15(23)22(3)4)19-9-12-6-7-13(17)8-14(12)18/h6-8,11H,5,9-10H2,1-4H3,(H2,19,20,21). The second-order valence-electron chi connectivity index (χ2n) is 5.50. The third-order valence-electron chi connectivity index (χ3n) is 3.32. The van der Waals surface area contributed by atoms with E-state index in [2.05, 4.69) is 29.5 Å². The molecule has 7 heteroatoms. The van der Waals surface area contributed by atoms with E-state index in [1.54, 1.807) is 26.2 Å². The minimum atomic E-state index is -0.0202. The van der Waals surface area contributed by atoms with Crippen molar-refractivity contribution >= 4 is 35.1 Å². The highest BCUT2D eigenvalue weighted by Crippen LogP contribution is 2.21. The second kappa shape index (κ2) is 9.63. The van der Waals surface area contributed by atoms with Crippen LogP contribution in [0.5, 0.6) is 0 Å². The van der Waals surface area contributed by atoms with Crippen LogP contribution in [0, 0.1) is 0 Å². The zero-order valence-electron chi connectivity index (χ0n) is 14.0. The predicted octanol–water partition coefficient (Wildman–Crippen LogP) is 2.92. The van der Waals surface area contributed by atoms with Crippen molar-refractivity contribution in [2.24, 2.45) is 4.99 Å². The van der Waals surface area contributed by atoms with Crippen LogP contribution in [-0.2, 0) is 11.3 Å². The van der Waals surface area contributed by atoms with Crippen molar-refractivity contribution in [3.63, 3.8) is 0 Å². The Kier molecular flexibility index (Phi) is 8.20. The molecular weight excluding hydrogens is 335 g/mol. The normalized spacial score (nSPS) is 12.7. The van der Waals surface area contributed by atoms with Gasteiger partial charge in [-0.2, -0.15) is 0 Å². The van der Waals surface area contributed by atoms with Gasteiger partial charge in [0.2, 0.25) is 5.91 Å². The molecule has 0 spiro atoms. The molecule has 0 aliphatic carbocycles. The van der Waals surface area contributed by atoms with Gasteiger partial charge < -0.3 is 15.5 Å². The van der Waals surface area contributed by atoms with Gasteiger partial charge in [0, 0.05) is 30.2 Å². The largest absolute Gasteiger partial charge is 0.354 e. The van der Waals surface area contributed by atoms with Crippen molar-refractivity contribution < 1.29 is 4.79 Å². The van der Waals surface area contributed by atoms with E-state index in [1.807, 2.05) is 6.07 Å². The van der Waals surface area contributed by atoms with Gasteiger partial charge in [0.25, 0.3) is 0 Å². The number of guanidine groups is 1. The molecule has 0 saturated heterocycles. The quantitative estimate of drug-likeness (QED) is 0.607. The smallest absolute Gasteiger partial charge is 0.241 e. The molecule has 1 amide bonds. The first-order valence-corrected chi connectivity index (χ1v) is 8.28. The number of nitrogens with zero attached hydrogens (tertiary/aromatic N) is 2. The van der Waals surface area contributed by atoms with Crippen molar-refractivity contribution in [3.05, 3.63) is 33.8 Å². The lowest BCUT2D eigenvalue weighted by molar-refractivity contribution is -0.127. The summed E-state index contributed by atoms with van der Waals surface area (Å²) in [5, 5.41) is 7.48. The number of likely N-dealkylation sites (N-methyl/N-ethyl adjacent to an activating group) is 1. The second-order valence-corrected chi connectivity index (χ2v) is 6.34. The van der Waals surface area contributed by atoms with Crippen LogP contribution in [0.4, 0.5) is 0 Å². The minimum Gasteiger partial charge on any atom is -0.354 e. The fraction of sp³-hybridized carbons (Fsp3) is 0.500. The molecule has 0 aliphatic heterocycles. The molecule has 0 heterocycles. The maximum absolute atomic E-state index is 11.7. The lowest BCUT2D eigenvalue weighted by Crippen LogP contribution is -2.45. The van der Waals surface area contributed by atoms with Crippen LogP contribution < -0.4 is 10.6 Å². The predicted molar refractivity (Wildman–Crippen MR) is 97.2 cm³/mol. The molecule has 0 radical (unpaired) electrons. The van der Waals surface area contributed by atoms with E-state index in [9.17, 15) is 4.79 Å². The lowest BCUT2D eigenvalue weighted by atomic mass is 10.2. The van der Waals surface area contributed by atoms with Crippen LogP contribution in [0.2, 0.25) is 10.0 Å². The number of aliphatic imine (C=N–C) groups is 1. The molecule has 1 atom stereocenters. The summed E-state index contributed by atoms with van der Waals surface area (Å²) in [6, 6.07) is 5.57. The highest BCUT2D eigenvalue weighted by atomic mass is 35.5. The van der Waals surface area contributed by atoms with Gasteiger partial charge in [0.1, 0.15) is 0 Å². The van der Waals surface area contributed by atoms with Crippen LogP contribution in [-0.4, -0.2) is 43.4 Å². The topological polar surface area (TPSA) is 56.7 Å². The molecule has 0 aliphatic rings. The van der Waals surface area contributed by atoms with Crippen molar-refractivity contribution in [3.8, 4) is 0 Å². The van der Waals surface area contributed by atoms with Crippen LogP contribution in [0.15, 0.2) is 23.2 Å². The van der Waals surface area contributed by atoms with Crippen molar-refractivity contribution in [2.45, 2.75) is 32.9 Å². The van der Waals surface area contributed by atoms with E-state index in [0.29, 0.717) is 22.5 Å². The Labute approximate surface area is 148 Å². The number of amides is 1. The summed E-state index contributed by atoms with van der Waals surface area (Å²) in [7, 11) is 3.44. The van der Waals surface area contributed by atoms with Gasteiger partial charge >= 0.3 is 0 Å². The molecule has 1 unspecified atom stereocenters. The number of nitrogens with one attached hydrogen (secondary N) is 2. The molecule has 0 fully saturated rings. The Morgan fingerprint density at radius 1 is 1.35 bits per heavy atom. The van der Waals surface area contributed by atoms with Gasteiger partial charge in [-0.25, -0.2) is 4.99 Å². The zero-order valence-corrected chi connectivity index (χ0v) is 15.5. The first-order valence-electron chi connectivity index (χ1n) is 7.52. The van der Waals surface area contributed by atoms with E-state index in [0.717, 1.165) is 12.0 Å². The Hall–Kier alpha value is -1.46. The van der Waals surface area contributed by atoms with Gasteiger partial charge in [0.15, 0.2) is 5.96 Å². The van der Waals surface area contributed by atoms with E-state index >= 15 is 0 Å². The summed E-state index contributed by atoms with van der Waals surface area (Å²) in [5.74, 6) is 0.564. The molecule has 2 N–H and O–H groups in total. The molecule has 23 heavy (non-hydrogen) atoms. The fourth-order valence-corrected chi connectivity index (χ4v) is 2.09. The monoisotopic (exact) mass is 358 g/mol. The highest BCUT2D eigenvalue weighted by Gasteiger charge is 2.08. The molecule has 1 rings (SSSR count). The van der Waals surface area contributed by atoms with Crippen LogP contribution >= 0.6 is 23.2 Å². The number of halogens is 2. The maximum atomic E-state index is 11.7. The lowest BCUT2D eigenvalue weighted by Gasteiger charge is -2.18. The summed E-state index contributed by atoms with van der Waals surface area (Å²) in [5.41, 5.74) is 0.875. The van der Waals surface area contributed by atoms with Crippen molar-refractivity contribution in [1.82, 2.24) is 15.5 Å². The third-order valence-corrected chi connectivity index (χ3v) is 3.91. The summed E-state index contributed by atoms with van der Waals surface area (Å²) in [4.78, 5) is 17.7. The molecule has 0 aromatic heterocycles. The van der Waals surface area contributed by atoms with E-state index in [4.69, 9.17) is 23.2 Å². The number of carbonyl (C=O) groups excluding carboxylic acids is 1. The Bertz CT molecular complexity index is 561. The Balaban J connectivity index is 2.78. The number of rotatable bonds is 6. The first kappa shape index (κ1) is 19.6. The van der Waals surface area contributed by atoms with Gasteiger partial charge in [-0.3, -0.25) is 4.79 Å². The van der Waals surface area contributed by atoms with E-state index in [1.165, 1.54) is 4.90 Å². The number of benzene rings is 1. The van der Waals surface area contributed by atoms with Crippen LogP contribution in [0.1, 0.15) is 25.8 Å². The molecule has 1 aromatic rings. The minimum absolute atomic E-state index is 0.0202. The van der Waals surface area contributed by atoms with Gasteiger partial charge in [-0.15, -0.1) is 0 Å². The SMILES string of the molecule is CCC(C)NC(=NCc1ccc(Cl)cc1Cl)NCC(=O)N(C)C. The highest BCUT2D eigenvalue weighted by molar-refractivity contribution is 6.35. The van der Waals surface area contributed by atoms with E-state index in [-0.39, 0.29) is 18.5 Å². The van der Waals surface area contributed by atoms with Gasteiger partial charge in [-0.1, -0.05) is 36.2 Å². The van der Waals surface area contributed by atoms with Crippen molar-refractivity contribution in [2.75, 3.05) is 20.6 Å². The molecule has 128 valence electrons. The number of hydrogen-bond acceptors (Lipinski definition) is 2. The first-order chi connectivity index (χ1) is 10.8. The molecule has 0 bridgehead atoms. The average molecular weight is 359 g/mol. The molecular formula is C16H24Cl2N4O. The van der Waals surface area contributed by atoms with Crippen molar-refractivity contribution in [1.29, 1.82) is 0 Å². The Morgan fingerprint density at radius 2 is 2.04 bits per heavy atom. The summed E-state index contributed by atoms with van der Waals surface area (Å²) in [6.07, 6.45) is 0.948. The summed E-state index contributed by atoms with van der Waals surface area (Å²) >= 11 is 12.1. The third kappa shape index (κ3) is 7.10. The van der Waals surface area contributed by atoms with Gasteiger partial charge in [0.05, 0.1) is 13.1 Å². The molecule has 1 aromatic carbocycles. The molecule has 0 saturated carbocycles. The Morgan fingerprint density at radius 3 is 2.61 bits per heavy atom. The number of carbonyl (C=O) groups is 1. The van der Waals surface area contributed by atoms with Crippen LogP contribution in [0.25, 0.3) is 0 Å². The van der Waals surface area contributed by atoms with Gasteiger partial charge in [-0.05, 0) is 31.0 Å². The average Bonchev–Trinajstić information content (AvgIpc) is 2.50. The van der Waals surface area contributed by atoms with E-state index < -0.39 is 0 Å². The number of hydrogen-bond donors (Lipinski definition) is 2.